The SMILES string of the molecule is Cl.[Mn+2].[O-2].[O-2].[Zn+2]. The van der Waals surface area contributed by atoms with Gasteiger partial charge >= 0.3 is 36.5 Å². The molecule has 0 saturated heterocycles. The molecule has 0 aliphatic carbocycles. The topological polar surface area (TPSA) is 57.0 Å². The third-order valence-electron chi connectivity index (χ3n) is 0. The maximum Gasteiger partial charge on any atom is 2.00 e. The van der Waals surface area contributed by atoms with E-state index in [0.29, 0.717) is 0 Å². The molecule has 5 heteroatoms. The fraction of sp³-hybridized carbons (Fsp3) is 0. The number of hydrogen-bond acceptors (Lipinski definition) is 0. The maximum absolute atomic E-state index is 0. The minimum atomic E-state index is 0. The van der Waals surface area contributed by atoms with Crippen LogP contribution in [0.1, 0.15) is 0 Å². The fourth-order valence-corrected chi connectivity index (χ4v) is 0. The van der Waals surface area contributed by atoms with Crippen molar-refractivity contribution in [3.05, 3.63) is 0 Å². The van der Waals surface area contributed by atoms with Crippen LogP contribution >= 0.6 is 12.4 Å². The number of hydrogen-bond donors (Lipinski definition) is 0. The van der Waals surface area contributed by atoms with Crippen molar-refractivity contribution in [2.45, 2.75) is 0 Å². The van der Waals surface area contributed by atoms with Gasteiger partial charge in [0.05, 0.1) is 0 Å². The zero-order valence-electron chi connectivity index (χ0n) is 2.31. The van der Waals surface area contributed by atoms with Gasteiger partial charge in [-0.15, -0.1) is 12.4 Å². The van der Waals surface area contributed by atoms with Crippen molar-refractivity contribution >= 4 is 12.4 Å². The molecule has 0 amide bonds. The molecule has 0 rings (SSSR count). The first-order chi connectivity index (χ1) is 0. The van der Waals surface area contributed by atoms with Crippen LogP contribution in [0.4, 0.5) is 0 Å². The molecule has 0 N–H and O–H groups in total. The molecule has 1 radical (unpaired) electrons. The standard InChI is InChI=1S/ClH.Mn.2O.Zn/h1H;;;;/q;+2;2*-2;+2. The molecule has 0 aromatic heterocycles. The summed E-state index contributed by atoms with van der Waals surface area (Å²) in [6.45, 7) is 0. The molecular formula is HClMnO2Zn. The normalized spacial score (nSPS) is 0. The Hall–Kier alpha value is 1.35. The molecule has 0 aromatic rings. The third-order valence-corrected chi connectivity index (χ3v) is 0. The van der Waals surface area contributed by atoms with E-state index >= 15 is 0 Å². The summed E-state index contributed by atoms with van der Waals surface area (Å²) in [5.74, 6) is 0. The van der Waals surface area contributed by atoms with Gasteiger partial charge < -0.3 is 11.0 Å². The van der Waals surface area contributed by atoms with Gasteiger partial charge in [0.1, 0.15) is 0 Å². The number of halogens is 1. The van der Waals surface area contributed by atoms with E-state index in [4.69, 9.17) is 0 Å². The smallest absolute Gasteiger partial charge is 2.00 e. The Bertz CT molecular complexity index is 9.61. The van der Waals surface area contributed by atoms with Crippen LogP contribution in [-0.4, -0.2) is 0 Å². The van der Waals surface area contributed by atoms with Crippen LogP contribution in [0.5, 0.6) is 0 Å². The Morgan fingerprint density at radius 3 is 0.800 bits per heavy atom. The predicted molar refractivity (Wildman–Crippen MR) is 8.62 cm³/mol. The van der Waals surface area contributed by atoms with Gasteiger partial charge in [-0.25, -0.2) is 0 Å². The van der Waals surface area contributed by atoms with Crippen molar-refractivity contribution in [1.82, 2.24) is 0 Å². The van der Waals surface area contributed by atoms with Crippen molar-refractivity contribution in [1.29, 1.82) is 0 Å². The van der Waals surface area contributed by atoms with Gasteiger partial charge in [-0.1, -0.05) is 0 Å². The summed E-state index contributed by atoms with van der Waals surface area (Å²) in [5, 5.41) is 0. The average Bonchev–Trinajstić information content (AvgIpc) is 0. The Morgan fingerprint density at radius 2 is 0.800 bits per heavy atom. The molecule has 0 fully saturated rings. The van der Waals surface area contributed by atoms with Gasteiger partial charge in [-0.2, -0.15) is 0 Å². The van der Waals surface area contributed by atoms with Crippen LogP contribution in [-0.2, 0) is 47.5 Å². The van der Waals surface area contributed by atoms with Crippen molar-refractivity contribution in [2.24, 2.45) is 0 Å². The minimum Gasteiger partial charge on any atom is -2.00 e. The zero-order chi connectivity index (χ0) is 0. The molecule has 29 valence electrons. The zero-order valence-corrected chi connectivity index (χ0v) is 7.27. The molecule has 0 bridgehead atoms. The Labute approximate surface area is 60.0 Å². The predicted octanol–water partition coefficient (Wildman–Crippen LogP) is 0.179. The van der Waals surface area contributed by atoms with E-state index < -0.39 is 0 Å². The molecule has 2 nitrogen and oxygen atoms in total. The minimum absolute atomic E-state index is 0. The molecule has 0 aliphatic heterocycles. The van der Waals surface area contributed by atoms with E-state index in [0.717, 1.165) is 0 Å². The monoisotopic (exact) mass is 187 g/mol. The first-order valence-corrected chi connectivity index (χ1v) is 0. The molecule has 5 heavy (non-hydrogen) atoms. The quantitative estimate of drug-likeness (QED) is 0.488. The van der Waals surface area contributed by atoms with Crippen LogP contribution in [0.3, 0.4) is 0 Å². The molecule has 0 aromatic carbocycles. The molecule has 0 unspecified atom stereocenters. The summed E-state index contributed by atoms with van der Waals surface area (Å²) in [4.78, 5) is 0. The molecule has 0 spiro atoms. The average molecular weight is 189 g/mol. The van der Waals surface area contributed by atoms with Crippen molar-refractivity contribution in [2.75, 3.05) is 0 Å². The van der Waals surface area contributed by atoms with Crippen LogP contribution in [0, 0.1) is 0 Å². The van der Waals surface area contributed by atoms with Gasteiger partial charge in [0.2, 0.25) is 0 Å². The molecule has 0 saturated carbocycles. The Morgan fingerprint density at radius 1 is 0.800 bits per heavy atom. The summed E-state index contributed by atoms with van der Waals surface area (Å²) >= 11 is 0. The molecule has 0 heterocycles. The first-order valence-electron chi connectivity index (χ1n) is 0. The first kappa shape index (κ1) is 99.5. The van der Waals surface area contributed by atoms with Crippen LogP contribution in [0.25, 0.3) is 0 Å². The van der Waals surface area contributed by atoms with E-state index in [2.05, 4.69) is 0 Å². The van der Waals surface area contributed by atoms with Crippen molar-refractivity contribution in [3.8, 4) is 0 Å². The van der Waals surface area contributed by atoms with E-state index in [9.17, 15) is 0 Å². The fourth-order valence-electron chi connectivity index (χ4n) is 0. The second kappa shape index (κ2) is 55.4. The van der Waals surface area contributed by atoms with Crippen molar-refractivity contribution < 1.29 is 47.5 Å². The van der Waals surface area contributed by atoms with Gasteiger partial charge in [-0.05, 0) is 0 Å². The largest absolute Gasteiger partial charge is 2.00 e. The second-order valence-electron chi connectivity index (χ2n) is 0. The maximum atomic E-state index is 0. The van der Waals surface area contributed by atoms with Gasteiger partial charge in [-0.3, -0.25) is 0 Å². The molecule has 0 aliphatic rings. The van der Waals surface area contributed by atoms with Crippen molar-refractivity contribution in [3.63, 3.8) is 0 Å². The second-order valence-corrected chi connectivity index (χ2v) is 0. The Balaban J connectivity index is 0. The molecular weight excluding hydrogens is 188 g/mol. The van der Waals surface area contributed by atoms with Gasteiger partial charge in [0, 0.05) is 0 Å². The van der Waals surface area contributed by atoms with Gasteiger partial charge in [0.15, 0.2) is 0 Å². The van der Waals surface area contributed by atoms with E-state index in [1.54, 1.807) is 0 Å². The van der Waals surface area contributed by atoms with Crippen LogP contribution in [0.15, 0.2) is 0 Å². The third kappa shape index (κ3) is 32.9. The number of rotatable bonds is 0. The van der Waals surface area contributed by atoms with Crippen LogP contribution in [0.2, 0.25) is 0 Å². The van der Waals surface area contributed by atoms with E-state index in [-0.39, 0.29) is 59.9 Å². The summed E-state index contributed by atoms with van der Waals surface area (Å²) in [7, 11) is 0. The van der Waals surface area contributed by atoms with Crippen LogP contribution < -0.4 is 0 Å². The summed E-state index contributed by atoms with van der Waals surface area (Å²) in [6, 6.07) is 0. The Kier molecular flexibility index (Phi) is 1100. The molecule has 0 atom stereocenters. The summed E-state index contributed by atoms with van der Waals surface area (Å²) in [5.41, 5.74) is 0. The van der Waals surface area contributed by atoms with Gasteiger partial charge in [0.25, 0.3) is 0 Å². The van der Waals surface area contributed by atoms with E-state index in [1.165, 1.54) is 0 Å². The summed E-state index contributed by atoms with van der Waals surface area (Å²) in [6.07, 6.45) is 0. The summed E-state index contributed by atoms with van der Waals surface area (Å²) < 4.78 is 0. The van der Waals surface area contributed by atoms with E-state index in [1.807, 2.05) is 0 Å².